The molecule has 2 atom stereocenters. The van der Waals surface area contributed by atoms with Gasteiger partial charge in [-0.3, -0.25) is 4.79 Å². The second-order valence-electron chi connectivity index (χ2n) is 9.40. The predicted octanol–water partition coefficient (Wildman–Crippen LogP) is 4.52. The number of hydrogen-bond donors (Lipinski definition) is 2. The van der Waals surface area contributed by atoms with Crippen LogP contribution in [0.5, 0.6) is 5.75 Å². The topological polar surface area (TPSA) is 136 Å². The minimum atomic E-state index is -0.750. The lowest BCUT2D eigenvalue weighted by atomic mass is 9.87. The number of carbonyl (C=O) groups is 1. The van der Waals surface area contributed by atoms with Crippen LogP contribution in [0.1, 0.15) is 74.4 Å². The lowest BCUT2D eigenvalue weighted by molar-refractivity contribution is -0.143. The van der Waals surface area contributed by atoms with Crippen molar-refractivity contribution < 1.29 is 19.2 Å². The zero-order chi connectivity index (χ0) is 24.2. The van der Waals surface area contributed by atoms with E-state index < -0.39 is 5.97 Å². The van der Waals surface area contributed by atoms with E-state index in [4.69, 9.17) is 9.26 Å². The predicted molar refractivity (Wildman–Crippen MR) is 127 cm³/mol. The summed E-state index contributed by atoms with van der Waals surface area (Å²) < 4.78 is 11.6. The number of carboxylic acids is 1. The van der Waals surface area contributed by atoms with Crippen LogP contribution in [0.2, 0.25) is 0 Å². The second kappa shape index (κ2) is 10.4. The van der Waals surface area contributed by atoms with Crippen molar-refractivity contribution in [3.8, 4) is 17.2 Å². The maximum atomic E-state index is 11.3. The summed E-state index contributed by atoms with van der Waals surface area (Å²) >= 11 is 0. The SMILES string of the molecule is Cc1noc(-c2ccc(O[C@H]3CCC[C@H](C(=O)O)C3)cn2)c1CNc1ncnc(C2CCCC2)n1. The summed E-state index contributed by atoms with van der Waals surface area (Å²) in [5.74, 6) is 1.91. The Morgan fingerprint density at radius 1 is 1.14 bits per heavy atom. The molecule has 10 heteroatoms. The molecule has 3 aromatic rings. The van der Waals surface area contributed by atoms with Crippen molar-refractivity contribution in [1.82, 2.24) is 25.1 Å². The summed E-state index contributed by atoms with van der Waals surface area (Å²) in [4.78, 5) is 29.1. The zero-order valence-corrected chi connectivity index (χ0v) is 19.8. The van der Waals surface area contributed by atoms with Crippen LogP contribution >= 0.6 is 0 Å². The molecule has 2 aliphatic rings. The highest BCUT2D eigenvalue weighted by Gasteiger charge is 2.28. The molecular formula is C25H30N6O4. The molecule has 35 heavy (non-hydrogen) atoms. The van der Waals surface area contributed by atoms with Crippen molar-refractivity contribution in [3.05, 3.63) is 41.7 Å². The molecule has 2 aliphatic carbocycles. The van der Waals surface area contributed by atoms with Gasteiger partial charge in [-0.1, -0.05) is 18.0 Å². The first-order chi connectivity index (χ1) is 17.1. The van der Waals surface area contributed by atoms with Gasteiger partial charge < -0.3 is 19.7 Å². The van der Waals surface area contributed by atoms with Crippen LogP contribution in [0, 0.1) is 12.8 Å². The molecule has 0 amide bonds. The molecular weight excluding hydrogens is 448 g/mol. The Hall–Kier alpha value is -3.56. The number of nitrogens with one attached hydrogen (secondary N) is 1. The Labute approximate surface area is 203 Å². The molecule has 0 spiro atoms. The third kappa shape index (κ3) is 5.41. The number of nitrogens with zero attached hydrogens (tertiary/aromatic N) is 5. The van der Waals surface area contributed by atoms with Crippen LogP contribution in [0.4, 0.5) is 5.95 Å². The number of rotatable bonds is 8. The minimum absolute atomic E-state index is 0.112. The molecule has 0 saturated heterocycles. The van der Waals surface area contributed by atoms with Gasteiger partial charge in [0, 0.05) is 18.0 Å². The van der Waals surface area contributed by atoms with Crippen molar-refractivity contribution in [3.63, 3.8) is 0 Å². The Kier molecular flexibility index (Phi) is 6.87. The van der Waals surface area contributed by atoms with Gasteiger partial charge >= 0.3 is 5.97 Å². The van der Waals surface area contributed by atoms with Crippen molar-refractivity contribution in [2.75, 3.05) is 5.32 Å². The van der Waals surface area contributed by atoms with Gasteiger partial charge in [-0.2, -0.15) is 4.98 Å². The molecule has 3 aromatic heterocycles. The molecule has 0 aliphatic heterocycles. The summed E-state index contributed by atoms with van der Waals surface area (Å²) in [6, 6.07) is 3.67. The fraction of sp³-hybridized carbons (Fsp3) is 0.520. The first kappa shape index (κ1) is 23.2. The first-order valence-corrected chi connectivity index (χ1v) is 12.3. The molecule has 2 saturated carbocycles. The number of pyridine rings is 1. The van der Waals surface area contributed by atoms with Crippen LogP contribution in [0.25, 0.3) is 11.5 Å². The minimum Gasteiger partial charge on any atom is -0.489 e. The fourth-order valence-corrected chi connectivity index (χ4v) is 4.99. The third-order valence-electron chi connectivity index (χ3n) is 6.97. The number of hydrogen-bond acceptors (Lipinski definition) is 9. The summed E-state index contributed by atoms with van der Waals surface area (Å²) in [5.41, 5.74) is 2.29. The maximum Gasteiger partial charge on any atom is 0.306 e. The van der Waals surface area contributed by atoms with E-state index in [1.807, 2.05) is 19.1 Å². The molecule has 0 unspecified atom stereocenters. The molecule has 2 fully saturated rings. The van der Waals surface area contributed by atoms with Gasteiger partial charge in [-0.25, -0.2) is 15.0 Å². The summed E-state index contributed by atoms with van der Waals surface area (Å²) in [7, 11) is 0. The second-order valence-corrected chi connectivity index (χ2v) is 9.40. The Morgan fingerprint density at radius 3 is 2.77 bits per heavy atom. The highest BCUT2D eigenvalue weighted by molar-refractivity contribution is 5.70. The van der Waals surface area contributed by atoms with Crippen molar-refractivity contribution in [1.29, 1.82) is 0 Å². The largest absolute Gasteiger partial charge is 0.489 e. The van der Waals surface area contributed by atoms with Crippen LogP contribution < -0.4 is 10.1 Å². The number of anilines is 1. The molecule has 10 nitrogen and oxygen atoms in total. The number of aryl methyl sites for hydroxylation is 1. The van der Waals surface area contributed by atoms with E-state index in [9.17, 15) is 9.90 Å². The molecule has 0 bridgehead atoms. The zero-order valence-electron chi connectivity index (χ0n) is 19.8. The highest BCUT2D eigenvalue weighted by atomic mass is 16.5. The molecule has 0 radical (unpaired) electrons. The third-order valence-corrected chi connectivity index (χ3v) is 6.97. The van der Waals surface area contributed by atoms with E-state index in [0.717, 1.165) is 42.8 Å². The lowest BCUT2D eigenvalue weighted by Gasteiger charge is -2.27. The van der Waals surface area contributed by atoms with Gasteiger partial charge in [0.1, 0.15) is 23.6 Å². The first-order valence-electron chi connectivity index (χ1n) is 12.3. The van der Waals surface area contributed by atoms with E-state index in [1.54, 1.807) is 12.5 Å². The Morgan fingerprint density at radius 2 is 2.00 bits per heavy atom. The number of aromatic nitrogens is 5. The van der Waals surface area contributed by atoms with Gasteiger partial charge in [0.05, 0.1) is 23.9 Å². The average Bonchev–Trinajstić information content (AvgIpc) is 3.54. The van der Waals surface area contributed by atoms with Crippen molar-refractivity contribution in [2.45, 2.75) is 76.9 Å². The number of ether oxygens (including phenoxy) is 1. The molecule has 3 heterocycles. The van der Waals surface area contributed by atoms with E-state index in [0.29, 0.717) is 48.5 Å². The van der Waals surface area contributed by atoms with Crippen LogP contribution in [0.3, 0.4) is 0 Å². The standard InChI is InChI=1S/C25H30N6O4/c1-15-20(13-27-25-29-14-28-23(30-25)16-5-2-3-6-16)22(35-31-15)21-10-9-19(12-26-21)34-18-8-4-7-17(11-18)24(32)33/h9-10,12,14,16-18H,2-8,11,13H2,1H3,(H,32,33)(H,27,28,29,30)/t17-,18-/m0/s1. The summed E-state index contributed by atoms with van der Waals surface area (Å²) in [5, 5.41) is 16.7. The van der Waals surface area contributed by atoms with Crippen LogP contribution in [0.15, 0.2) is 29.2 Å². The Bertz CT molecular complexity index is 1160. The lowest BCUT2D eigenvalue weighted by Crippen LogP contribution is -2.29. The number of carboxylic acid groups (broad SMARTS) is 1. The molecule has 184 valence electrons. The van der Waals surface area contributed by atoms with E-state index in [2.05, 4.69) is 30.4 Å². The van der Waals surface area contributed by atoms with Gasteiger partial charge in [-0.05, 0) is 57.6 Å². The molecule has 0 aromatic carbocycles. The fourth-order valence-electron chi connectivity index (χ4n) is 4.99. The van der Waals surface area contributed by atoms with E-state index >= 15 is 0 Å². The van der Waals surface area contributed by atoms with Gasteiger partial charge in [0.15, 0.2) is 5.76 Å². The van der Waals surface area contributed by atoms with Gasteiger partial charge in [-0.15, -0.1) is 0 Å². The molecule has 2 N–H and O–H groups in total. The number of aliphatic carboxylic acids is 1. The van der Waals surface area contributed by atoms with E-state index in [1.165, 1.54) is 12.8 Å². The van der Waals surface area contributed by atoms with Crippen LogP contribution in [-0.2, 0) is 11.3 Å². The maximum absolute atomic E-state index is 11.3. The Balaban J connectivity index is 1.24. The summed E-state index contributed by atoms with van der Waals surface area (Å²) in [6.07, 6.45) is 10.7. The van der Waals surface area contributed by atoms with Gasteiger partial charge in [0.2, 0.25) is 5.95 Å². The smallest absolute Gasteiger partial charge is 0.306 e. The van der Waals surface area contributed by atoms with Crippen molar-refractivity contribution >= 4 is 11.9 Å². The van der Waals surface area contributed by atoms with Crippen molar-refractivity contribution in [2.24, 2.45) is 5.92 Å². The average molecular weight is 479 g/mol. The normalized spacial score (nSPS) is 20.6. The monoisotopic (exact) mass is 478 g/mol. The summed E-state index contributed by atoms with van der Waals surface area (Å²) in [6.45, 7) is 2.33. The highest BCUT2D eigenvalue weighted by Crippen LogP contribution is 2.32. The quantitative estimate of drug-likeness (QED) is 0.475. The molecule has 5 rings (SSSR count). The van der Waals surface area contributed by atoms with E-state index in [-0.39, 0.29) is 12.0 Å². The van der Waals surface area contributed by atoms with Gasteiger partial charge in [0.25, 0.3) is 0 Å². The van der Waals surface area contributed by atoms with Crippen LogP contribution in [-0.4, -0.2) is 42.3 Å².